The lowest BCUT2D eigenvalue weighted by molar-refractivity contribution is 0.0947. The van der Waals surface area contributed by atoms with Gasteiger partial charge in [0.2, 0.25) is 0 Å². The third-order valence-electron chi connectivity index (χ3n) is 4.37. The van der Waals surface area contributed by atoms with Crippen LogP contribution in [0.1, 0.15) is 52.7 Å². The molecule has 0 unspecified atom stereocenters. The number of hydrogen-bond acceptors (Lipinski definition) is 3. The van der Waals surface area contributed by atoms with Crippen LogP contribution in [0.15, 0.2) is 42.5 Å². The zero-order valence-electron chi connectivity index (χ0n) is 14.5. The molecule has 3 rings (SSSR count). The van der Waals surface area contributed by atoms with Gasteiger partial charge in [-0.25, -0.2) is 4.98 Å². The second-order valence-electron chi connectivity index (χ2n) is 6.21. The van der Waals surface area contributed by atoms with Crippen LogP contribution < -0.4 is 10.2 Å². The van der Waals surface area contributed by atoms with Crippen LogP contribution in [0.25, 0.3) is 0 Å². The van der Waals surface area contributed by atoms with Crippen molar-refractivity contribution in [3.8, 4) is 0 Å². The molecule has 0 atom stereocenters. The molecule has 0 bridgehead atoms. The molecule has 0 fully saturated rings. The normalized spacial score (nSPS) is 13.2. The van der Waals surface area contributed by atoms with Crippen LogP contribution in [0.3, 0.4) is 0 Å². The number of fused-ring (bicyclic) bond motifs is 1. The average molecular weight is 337 g/mol. The Kier molecular flexibility index (Phi) is 5.43. The number of unbranched alkanes of at least 4 members (excludes halogenated alkanes) is 1. The number of aryl methyl sites for hydroxylation is 1. The fourth-order valence-electron chi connectivity index (χ4n) is 3.03. The smallest absolute Gasteiger partial charge is 0.276 e. The van der Waals surface area contributed by atoms with Crippen LogP contribution in [0.4, 0.5) is 5.69 Å². The number of anilines is 1. The lowest BCUT2D eigenvalue weighted by Gasteiger charge is -2.29. The molecule has 2 aromatic rings. The summed E-state index contributed by atoms with van der Waals surface area (Å²) in [4.78, 5) is 31.2. The Morgan fingerprint density at radius 2 is 1.92 bits per heavy atom. The van der Waals surface area contributed by atoms with Crippen LogP contribution in [0.2, 0.25) is 0 Å². The second-order valence-corrected chi connectivity index (χ2v) is 6.21. The first kappa shape index (κ1) is 17.1. The number of benzene rings is 1. The summed E-state index contributed by atoms with van der Waals surface area (Å²) in [6, 6.07) is 13.0. The largest absolute Gasteiger partial charge is 0.351 e. The van der Waals surface area contributed by atoms with Gasteiger partial charge in [-0.1, -0.05) is 37.6 Å². The Morgan fingerprint density at radius 3 is 2.76 bits per heavy atom. The van der Waals surface area contributed by atoms with E-state index in [0.717, 1.165) is 31.4 Å². The molecule has 0 aliphatic carbocycles. The molecular weight excluding hydrogens is 314 g/mol. The van der Waals surface area contributed by atoms with Crippen LogP contribution in [0.5, 0.6) is 0 Å². The van der Waals surface area contributed by atoms with E-state index in [4.69, 9.17) is 0 Å². The molecule has 1 aromatic heterocycles. The molecule has 25 heavy (non-hydrogen) atoms. The van der Waals surface area contributed by atoms with E-state index < -0.39 is 0 Å². The van der Waals surface area contributed by atoms with Gasteiger partial charge in [-0.05, 0) is 43.0 Å². The third kappa shape index (κ3) is 3.87. The molecule has 5 heteroatoms. The predicted octanol–water partition coefficient (Wildman–Crippen LogP) is 3.20. The van der Waals surface area contributed by atoms with E-state index in [9.17, 15) is 9.59 Å². The molecule has 0 saturated heterocycles. The van der Waals surface area contributed by atoms with Crippen molar-refractivity contribution in [3.05, 3.63) is 59.4 Å². The van der Waals surface area contributed by atoms with Gasteiger partial charge in [-0.2, -0.15) is 0 Å². The summed E-state index contributed by atoms with van der Waals surface area (Å²) in [5.74, 6) is -0.391. The number of nitrogens with one attached hydrogen (secondary N) is 1. The zero-order valence-corrected chi connectivity index (χ0v) is 14.5. The Hall–Kier alpha value is -2.69. The van der Waals surface area contributed by atoms with Crippen molar-refractivity contribution >= 4 is 17.5 Å². The summed E-state index contributed by atoms with van der Waals surface area (Å²) >= 11 is 0. The number of nitrogens with zero attached hydrogens (tertiary/aromatic N) is 2. The van der Waals surface area contributed by atoms with E-state index in [1.807, 2.05) is 18.2 Å². The summed E-state index contributed by atoms with van der Waals surface area (Å²) in [6.07, 6.45) is 3.85. The lowest BCUT2D eigenvalue weighted by atomic mass is 10.0. The van der Waals surface area contributed by atoms with Gasteiger partial charge >= 0.3 is 0 Å². The minimum absolute atomic E-state index is 0.157. The monoisotopic (exact) mass is 337 g/mol. The average Bonchev–Trinajstić information content (AvgIpc) is 2.67. The minimum Gasteiger partial charge on any atom is -0.351 e. The van der Waals surface area contributed by atoms with Crippen molar-refractivity contribution in [2.45, 2.75) is 32.6 Å². The van der Waals surface area contributed by atoms with Crippen molar-refractivity contribution in [1.82, 2.24) is 10.3 Å². The number of rotatable bonds is 5. The first-order valence-corrected chi connectivity index (χ1v) is 8.85. The quantitative estimate of drug-likeness (QED) is 0.852. The molecule has 1 N–H and O–H groups in total. The second kappa shape index (κ2) is 7.92. The molecule has 2 amide bonds. The summed E-state index contributed by atoms with van der Waals surface area (Å²) in [5, 5.41) is 2.83. The molecule has 0 spiro atoms. The van der Waals surface area contributed by atoms with Crippen molar-refractivity contribution in [3.63, 3.8) is 0 Å². The molecule has 0 radical (unpaired) electrons. The lowest BCUT2D eigenvalue weighted by Crippen LogP contribution is -2.36. The SMILES string of the molecule is CCCCNC(=O)c1cccc(C(=O)N2CCCc3ccccc32)n1. The van der Waals surface area contributed by atoms with Gasteiger partial charge in [0.15, 0.2) is 0 Å². The van der Waals surface area contributed by atoms with E-state index in [1.165, 1.54) is 5.56 Å². The van der Waals surface area contributed by atoms with Crippen molar-refractivity contribution in [2.24, 2.45) is 0 Å². The van der Waals surface area contributed by atoms with Crippen LogP contribution in [-0.2, 0) is 6.42 Å². The van der Waals surface area contributed by atoms with Crippen molar-refractivity contribution in [2.75, 3.05) is 18.0 Å². The fourth-order valence-corrected chi connectivity index (χ4v) is 3.03. The van der Waals surface area contributed by atoms with E-state index in [0.29, 0.717) is 18.8 Å². The molecular formula is C20H23N3O2. The maximum atomic E-state index is 12.9. The van der Waals surface area contributed by atoms with Gasteiger partial charge in [0.05, 0.1) is 0 Å². The zero-order chi connectivity index (χ0) is 17.6. The number of carbonyl (C=O) groups excluding carboxylic acids is 2. The van der Waals surface area contributed by atoms with Gasteiger partial charge < -0.3 is 10.2 Å². The molecule has 1 aromatic carbocycles. The molecule has 130 valence electrons. The topological polar surface area (TPSA) is 62.3 Å². The fraction of sp³-hybridized carbons (Fsp3) is 0.350. The first-order chi connectivity index (χ1) is 12.2. The number of para-hydroxylation sites is 1. The first-order valence-electron chi connectivity index (χ1n) is 8.85. The van der Waals surface area contributed by atoms with E-state index in [1.54, 1.807) is 23.1 Å². The van der Waals surface area contributed by atoms with E-state index in [2.05, 4.69) is 23.3 Å². The highest BCUT2D eigenvalue weighted by Gasteiger charge is 2.24. The molecule has 2 heterocycles. The number of hydrogen-bond donors (Lipinski definition) is 1. The van der Waals surface area contributed by atoms with Gasteiger partial charge in [0, 0.05) is 18.8 Å². The number of carbonyl (C=O) groups is 2. The Bertz CT molecular complexity index is 773. The highest BCUT2D eigenvalue weighted by Crippen LogP contribution is 2.27. The Balaban J connectivity index is 1.80. The molecule has 1 aliphatic heterocycles. The number of amides is 2. The summed E-state index contributed by atoms with van der Waals surface area (Å²) < 4.78 is 0. The van der Waals surface area contributed by atoms with Crippen LogP contribution >= 0.6 is 0 Å². The van der Waals surface area contributed by atoms with Gasteiger partial charge in [-0.15, -0.1) is 0 Å². The Morgan fingerprint density at radius 1 is 1.12 bits per heavy atom. The Labute approximate surface area is 148 Å². The number of pyridine rings is 1. The van der Waals surface area contributed by atoms with Gasteiger partial charge in [0.1, 0.15) is 11.4 Å². The molecule has 5 nitrogen and oxygen atoms in total. The molecule has 1 aliphatic rings. The van der Waals surface area contributed by atoms with Crippen molar-refractivity contribution < 1.29 is 9.59 Å². The highest BCUT2D eigenvalue weighted by atomic mass is 16.2. The van der Waals surface area contributed by atoms with Crippen molar-refractivity contribution in [1.29, 1.82) is 0 Å². The van der Waals surface area contributed by atoms with E-state index >= 15 is 0 Å². The minimum atomic E-state index is -0.234. The highest BCUT2D eigenvalue weighted by molar-refractivity contribution is 6.06. The van der Waals surface area contributed by atoms with E-state index in [-0.39, 0.29) is 17.5 Å². The van der Waals surface area contributed by atoms with Gasteiger partial charge in [-0.3, -0.25) is 9.59 Å². The maximum Gasteiger partial charge on any atom is 0.276 e. The standard InChI is InChI=1S/C20H23N3O2/c1-2-3-13-21-19(24)16-10-6-11-17(22-16)20(25)23-14-7-9-15-8-4-5-12-18(15)23/h4-6,8,10-12H,2-3,7,9,13-14H2,1H3,(H,21,24). The number of aromatic nitrogens is 1. The molecule has 0 saturated carbocycles. The summed E-state index contributed by atoms with van der Waals surface area (Å²) in [6.45, 7) is 3.36. The third-order valence-corrected chi connectivity index (χ3v) is 4.37. The predicted molar refractivity (Wildman–Crippen MR) is 97.9 cm³/mol. The summed E-state index contributed by atoms with van der Waals surface area (Å²) in [7, 11) is 0. The van der Waals surface area contributed by atoms with Gasteiger partial charge in [0.25, 0.3) is 11.8 Å². The van der Waals surface area contributed by atoms with Crippen LogP contribution in [-0.4, -0.2) is 29.9 Å². The summed E-state index contributed by atoms with van der Waals surface area (Å²) in [5.41, 5.74) is 2.71. The maximum absolute atomic E-state index is 12.9. The van der Waals surface area contributed by atoms with Crippen LogP contribution in [0, 0.1) is 0 Å².